The molecule has 1 aliphatic rings. The molecule has 2 rings (SSSR count). The Hall–Kier alpha value is -1.58. The number of benzene rings is 1. The molecule has 1 aromatic carbocycles. The third-order valence-electron chi connectivity index (χ3n) is 3.40. The Bertz CT molecular complexity index is 433. The van der Waals surface area contributed by atoms with Crippen LogP contribution in [-0.2, 0) is 0 Å². The van der Waals surface area contributed by atoms with E-state index in [9.17, 15) is 9.18 Å². The molecule has 1 fully saturated rings. The second kappa shape index (κ2) is 4.73. The summed E-state index contributed by atoms with van der Waals surface area (Å²) in [5, 5.41) is 0. The quantitative estimate of drug-likeness (QED) is 0.799. The van der Waals surface area contributed by atoms with E-state index in [1.54, 1.807) is 11.0 Å². The fraction of sp³-hybridized carbons (Fsp3) is 0.462. The van der Waals surface area contributed by atoms with E-state index >= 15 is 0 Å². The molecule has 0 saturated carbocycles. The zero-order valence-electron chi connectivity index (χ0n) is 9.95. The van der Waals surface area contributed by atoms with Crippen molar-refractivity contribution in [2.24, 2.45) is 5.73 Å². The highest BCUT2D eigenvalue weighted by molar-refractivity contribution is 5.72. The molecule has 1 atom stereocenters. The Morgan fingerprint density at radius 3 is 2.94 bits per heavy atom. The number of carbonyl (C=O) groups excluding carboxylic acids is 1. The van der Waals surface area contributed by atoms with Gasteiger partial charge in [-0.15, -0.1) is 0 Å². The van der Waals surface area contributed by atoms with E-state index in [-0.39, 0.29) is 17.8 Å². The molecular formula is C13H17FN2O. The Balaban J connectivity index is 2.19. The number of halogens is 1. The van der Waals surface area contributed by atoms with Crippen LogP contribution >= 0.6 is 0 Å². The van der Waals surface area contributed by atoms with Crippen LogP contribution in [0.15, 0.2) is 18.2 Å². The average molecular weight is 236 g/mol. The molecule has 0 bridgehead atoms. The first-order valence-electron chi connectivity index (χ1n) is 5.88. The maximum Gasteiger partial charge on any atom is 0.314 e. The summed E-state index contributed by atoms with van der Waals surface area (Å²) in [6.45, 7) is 3.27. The minimum atomic E-state index is -0.366. The molecular weight excluding hydrogens is 219 g/mol. The number of piperidine rings is 1. The molecule has 0 aromatic heterocycles. The van der Waals surface area contributed by atoms with Crippen molar-refractivity contribution in [3.63, 3.8) is 0 Å². The highest BCUT2D eigenvalue weighted by atomic mass is 19.1. The number of hydrogen-bond acceptors (Lipinski definition) is 1. The molecule has 1 aliphatic heterocycles. The molecule has 0 radical (unpaired) electrons. The third-order valence-corrected chi connectivity index (χ3v) is 3.40. The zero-order valence-corrected chi connectivity index (χ0v) is 9.95. The van der Waals surface area contributed by atoms with Crippen LogP contribution in [0, 0.1) is 12.7 Å². The summed E-state index contributed by atoms with van der Waals surface area (Å²) in [6, 6.07) is 4.47. The normalized spacial score (nSPS) is 20.4. The van der Waals surface area contributed by atoms with Crippen LogP contribution < -0.4 is 5.73 Å². The number of hydrogen-bond donors (Lipinski definition) is 1. The Morgan fingerprint density at radius 2 is 2.29 bits per heavy atom. The molecule has 0 aliphatic carbocycles. The Kier molecular flexibility index (Phi) is 3.31. The lowest BCUT2D eigenvalue weighted by atomic mass is 9.88. The van der Waals surface area contributed by atoms with Gasteiger partial charge in [-0.2, -0.15) is 0 Å². The topological polar surface area (TPSA) is 46.3 Å². The van der Waals surface area contributed by atoms with Crippen LogP contribution in [0.1, 0.15) is 29.9 Å². The van der Waals surface area contributed by atoms with Crippen molar-refractivity contribution in [2.75, 3.05) is 13.1 Å². The number of urea groups is 1. The first kappa shape index (κ1) is 11.9. The molecule has 1 heterocycles. The maximum atomic E-state index is 13.0. The van der Waals surface area contributed by atoms with Crippen molar-refractivity contribution in [2.45, 2.75) is 25.7 Å². The van der Waals surface area contributed by atoms with Gasteiger partial charge in [-0.25, -0.2) is 9.18 Å². The number of nitrogens with two attached hydrogens (primary N) is 1. The van der Waals surface area contributed by atoms with E-state index in [4.69, 9.17) is 5.73 Å². The molecule has 3 nitrogen and oxygen atoms in total. The summed E-state index contributed by atoms with van der Waals surface area (Å²) in [5.41, 5.74) is 7.36. The van der Waals surface area contributed by atoms with Gasteiger partial charge in [0.15, 0.2) is 0 Å². The number of rotatable bonds is 1. The van der Waals surface area contributed by atoms with Crippen molar-refractivity contribution in [3.05, 3.63) is 35.1 Å². The first-order chi connectivity index (χ1) is 8.08. The fourth-order valence-corrected chi connectivity index (χ4v) is 2.53. The van der Waals surface area contributed by atoms with E-state index in [0.29, 0.717) is 6.54 Å². The second-order valence-electron chi connectivity index (χ2n) is 4.62. The van der Waals surface area contributed by atoms with Crippen LogP contribution in [0.3, 0.4) is 0 Å². The lowest BCUT2D eigenvalue weighted by Crippen LogP contribution is -2.42. The second-order valence-corrected chi connectivity index (χ2v) is 4.62. The molecule has 1 aromatic rings. The standard InChI is InChI=1S/C13H17FN2O/c1-9-7-11(14)4-5-12(9)10-3-2-6-16(8-10)13(15)17/h4-5,7,10H,2-3,6,8H2,1H3,(H2,15,17). The van der Waals surface area contributed by atoms with Crippen molar-refractivity contribution in [3.8, 4) is 0 Å². The van der Waals surface area contributed by atoms with Gasteiger partial charge in [0.1, 0.15) is 5.82 Å². The van der Waals surface area contributed by atoms with Crippen LogP contribution in [0.2, 0.25) is 0 Å². The van der Waals surface area contributed by atoms with Crippen molar-refractivity contribution in [1.82, 2.24) is 4.90 Å². The average Bonchev–Trinajstić information content (AvgIpc) is 2.29. The minimum absolute atomic E-state index is 0.214. The van der Waals surface area contributed by atoms with Gasteiger partial charge in [0, 0.05) is 19.0 Å². The largest absolute Gasteiger partial charge is 0.351 e. The van der Waals surface area contributed by atoms with Gasteiger partial charge in [-0.05, 0) is 43.0 Å². The number of primary amides is 1. The summed E-state index contributed by atoms with van der Waals surface area (Å²) < 4.78 is 13.0. The van der Waals surface area contributed by atoms with E-state index in [1.807, 2.05) is 13.0 Å². The summed E-state index contributed by atoms with van der Waals surface area (Å²) in [4.78, 5) is 12.8. The molecule has 0 spiro atoms. The molecule has 2 amide bonds. The summed E-state index contributed by atoms with van der Waals surface area (Å²) in [7, 11) is 0. The van der Waals surface area contributed by atoms with E-state index in [2.05, 4.69) is 0 Å². The predicted octanol–water partition coefficient (Wildman–Crippen LogP) is 2.39. The van der Waals surface area contributed by atoms with Crippen molar-refractivity contribution in [1.29, 1.82) is 0 Å². The molecule has 4 heteroatoms. The van der Waals surface area contributed by atoms with Crippen LogP contribution in [-0.4, -0.2) is 24.0 Å². The number of nitrogens with zero attached hydrogens (tertiary/aromatic N) is 1. The monoisotopic (exact) mass is 236 g/mol. The number of likely N-dealkylation sites (tertiary alicyclic amines) is 1. The predicted molar refractivity (Wildman–Crippen MR) is 64.3 cm³/mol. The van der Waals surface area contributed by atoms with Crippen LogP contribution in [0.5, 0.6) is 0 Å². The van der Waals surface area contributed by atoms with Gasteiger partial charge in [-0.1, -0.05) is 6.07 Å². The van der Waals surface area contributed by atoms with E-state index in [1.165, 1.54) is 6.07 Å². The minimum Gasteiger partial charge on any atom is -0.351 e. The van der Waals surface area contributed by atoms with Gasteiger partial charge in [0.2, 0.25) is 0 Å². The van der Waals surface area contributed by atoms with Gasteiger partial charge in [0.25, 0.3) is 0 Å². The lowest BCUT2D eigenvalue weighted by molar-refractivity contribution is 0.188. The van der Waals surface area contributed by atoms with Crippen molar-refractivity contribution >= 4 is 6.03 Å². The lowest BCUT2D eigenvalue weighted by Gasteiger charge is -2.32. The van der Waals surface area contributed by atoms with Gasteiger partial charge < -0.3 is 10.6 Å². The van der Waals surface area contributed by atoms with E-state index < -0.39 is 0 Å². The molecule has 92 valence electrons. The molecule has 2 N–H and O–H groups in total. The van der Waals surface area contributed by atoms with Gasteiger partial charge in [-0.3, -0.25) is 0 Å². The van der Waals surface area contributed by atoms with Gasteiger partial charge >= 0.3 is 6.03 Å². The maximum absolute atomic E-state index is 13.0. The highest BCUT2D eigenvalue weighted by Crippen LogP contribution is 2.29. The third kappa shape index (κ3) is 2.57. The van der Waals surface area contributed by atoms with Crippen LogP contribution in [0.25, 0.3) is 0 Å². The molecule has 1 saturated heterocycles. The summed E-state index contributed by atoms with van der Waals surface area (Å²) in [5.74, 6) is 0.0608. The van der Waals surface area contributed by atoms with E-state index in [0.717, 1.165) is 30.5 Å². The first-order valence-corrected chi connectivity index (χ1v) is 5.88. The fourth-order valence-electron chi connectivity index (χ4n) is 2.53. The Labute approximate surface area is 100 Å². The number of amides is 2. The smallest absolute Gasteiger partial charge is 0.314 e. The summed E-state index contributed by atoms with van der Waals surface area (Å²) in [6.07, 6.45) is 1.97. The summed E-state index contributed by atoms with van der Waals surface area (Å²) >= 11 is 0. The molecule has 17 heavy (non-hydrogen) atoms. The van der Waals surface area contributed by atoms with Crippen molar-refractivity contribution < 1.29 is 9.18 Å². The Morgan fingerprint density at radius 1 is 1.53 bits per heavy atom. The number of carbonyl (C=O) groups is 1. The van der Waals surface area contributed by atoms with Gasteiger partial charge in [0.05, 0.1) is 0 Å². The number of aryl methyl sites for hydroxylation is 1. The van der Waals surface area contributed by atoms with Crippen LogP contribution in [0.4, 0.5) is 9.18 Å². The molecule has 1 unspecified atom stereocenters. The highest BCUT2D eigenvalue weighted by Gasteiger charge is 2.24. The SMILES string of the molecule is Cc1cc(F)ccc1C1CCCN(C(N)=O)C1. The zero-order chi connectivity index (χ0) is 12.4.